The van der Waals surface area contributed by atoms with Crippen LogP contribution in [0.4, 0.5) is 0 Å². The van der Waals surface area contributed by atoms with E-state index in [4.69, 9.17) is 5.73 Å². The molecule has 0 unspecified atom stereocenters. The van der Waals surface area contributed by atoms with E-state index in [1.807, 2.05) is 6.20 Å². The summed E-state index contributed by atoms with van der Waals surface area (Å²) in [4.78, 5) is 3.10. The Morgan fingerprint density at radius 2 is 2.33 bits per heavy atom. The summed E-state index contributed by atoms with van der Waals surface area (Å²) in [7, 11) is 0. The van der Waals surface area contributed by atoms with Gasteiger partial charge in [-0.3, -0.25) is 0 Å². The van der Waals surface area contributed by atoms with Gasteiger partial charge in [0.2, 0.25) is 0 Å². The van der Waals surface area contributed by atoms with Crippen LogP contribution in [0.15, 0.2) is 16.9 Å². The number of rotatable bonds is 3. The second-order valence-electron chi connectivity index (χ2n) is 3.72. The number of aryl methyl sites for hydroxylation is 1. The van der Waals surface area contributed by atoms with Gasteiger partial charge in [-0.2, -0.15) is 0 Å². The molecule has 66 valence electrons. The third kappa shape index (κ3) is 1.90. The molecule has 0 aromatic carbocycles. The lowest BCUT2D eigenvalue weighted by Crippen LogP contribution is -2.21. The van der Waals surface area contributed by atoms with Gasteiger partial charge >= 0.3 is 0 Å². The minimum atomic E-state index is 0.184. The molecule has 12 heavy (non-hydrogen) atoms. The Bertz CT molecular complexity index is 276. The van der Waals surface area contributed by atoms with Crippen LogP contribution >= 0.6 is 15.9 Å². The molecule has 2 rings (SSSR count). The Morgan fingerprint density at radius 3 is 2.83 bits per heavy atom. The van der Waals surface area contributed by atoms with Crippen LogP contribution in [-0.2, 0) is 6.42 Å². The molecule has 1 fully saturated rings. The fourth-order valence-corrected chi connectivity index (χ4v) is 1.76. The van der Waals surface area contributed by atoms with Gasteiger partial charge in [-0.05, 0) is 53.2 Å². The van der Waals surface area contributed by atoms with E-state index in [0.717, 1.165) is 17.4 Å². The van der Waals surface area contributed by atoms with Crippen molar-refractivity contribution < 1.29 is 0 Å². The summed E-state index contributed by atoms with van der Waals surface area (Å²) in [5.74, 6) is 0. The lowest BCUT2D eigenvalue weighted by molar-refractivity contribution is 0.609. The predicted molar refractivity (Wildman–Crippen MR) is 53.0 cm³/mol. The van der Waals surface area contributed by atoms with Crippen molar-refractivity contribution in [3.8, 4) is 0 Å². The molecule has 1 saturated carbocycles. The van der Waals surface area contributed by atoms with Crippen LogP contribution in [0, 0.1) is 0 Å². The number of hydrogen-bond donors (Lipinski definition) is 2. The van der Waals surface area contributed by atoms with Crippen molar-refractivity contribution >= 4 is 15.9 Å². The lowest BCUT2D eigenvalue weighted by atomic mass is 10.1. The van der Waals surface area contributed by atoms with Gasteiger partial charge in [-0.1, -0.05) is 0 Å². The number of H-pyrrole nitrogens is 1. The molecular weight excluding hydrogens is 216 g/mol. The molecule has 1 aromatic heterocycles. The van der Waals surface area contributed by atoms with Gasteiger partial charge in [-0.15, -0.1) is 0 Å². The summed E-state index contributed by atoms with van der Waals surface area (Å²) in [6.45, 7) is 0. The van der Waals surface area contributed by atoms with Gasteiger partial charge < -0.3 is 10.7 Å². The van der Waals surface area contributed by atoms with Crippen molar-refractivity contribution in [2.75, 3.05) is 0 Å². The number of hydrogen-bond acceptors (Lipinski definition) is 1. The third-order valence-corrected chi connectivity index (χ3v) is 2.97. The molecule has 0 saturated heterocycles. The van der Waals surface area contributed by atoms with E-state index in [-0.39, 0.29) is 5.54 Å². The van der Waals surface area contributed by atoms with E-state index < -0.39 is 0 Å². The maximum atomic E-state index is 5.98. The van der Waals surface area contributed by atoms with Gasteiger partial charge in [0.25, 0.3) is 0 Å². The normalized spacial score (nSPS) is 19.5. The molecule has 0 bridgehead atoms. The van der Waals surface area contributed by atoms with Crippen molar-refractivity contribution in [3.63, 3.8) is 0 Å². The molecule has 3 N–H and O–H groups in total. The van der Waals surface area contributed by atoms with E-state index in [1.54, 1.807) is 0 Å². The lowest BCUT2D eigenvalue weighted by Gasteiger charge is -2.05. The summed E-state index contributed by atoms with van der Waals surface area (Å²) in [6, 6.07) is 2.12. The zero-order valence-corrected chi connectivity index (χ0v) is 8.52. The van der Waals surface area contributed by atoms with Crippen molar-refractivity contribution in [1.82, 2.24) is 4.98 Å². The first-order valence-corrected chi connectivity index (χ1v) is 5.09. The number of nitrogens with one attached hydrogen (secondary N) is 1. The van der Waals surface area contributed by atoms with Gasteiger partial charge in [0.1, 0.15) is 0 Å². The number of aromatic amines is 1. The molecule has 2 nitrogen and oxygen atoms in total. The first kappa shape index (κ1) is 8.32. The SMILES string of the molecule is NC1(CCc2c[nH]c(Br)c2)CC1. The third-order valence-electron chi connectivity index (χ3n) is 2.51. The predicted octanol–water partition coefficient (Wildman–Crippen LogP) is 2.20. The van der Waals surface area contributed by atoms with Crippen LogP contribution in [-0.4, -0.2) is 10.5 Å². The highest BCUT2D eigenvalue weighted by Gasteiger charge is 2.37. The standard InChI is InChI=1S/C9H13BrN2/c10-8-5-7(6-12-8)1-2-9(11)3-4-9/h5-6,12H,1-4,11H2. The molecule has 0 amide bonds. The molecule has 3 heteroatoms. The Balaban J connectivity index is 1.87. The van der Waals surface area contributed by atoms with Gasteiger partial charge in [-0.25, -0.2) is 0 Å². The smallest absolute Gasteiger partial charge is 0.0822 e. The van der Waals surface area contributed by atoms with E-state index >= 15 is 0 Å². The summed E-state index contributed by atoms with van der Waals surface area (Å²) < 4.78 is 1.05. The Hall–Kier alpha value is -0.280. The largest absolute Gasteiger partial charge is 0.356 e. The second-order valence-corrected chi connectivity index (χ2v) is 4.57. The Labute approximate surface area is 80.7 Å². The van der Waals surface area contributed by atoms with E-state index in [9.17, 15) is 0 Å². The Morgan fingerprint density at radius 1 is 1.58 bits per heavy atom. The fourth-order valence-electron chi connectivity index (χ4n) is 1.36. The zero-order chi connectivity index (χ0) is 8.60. The molecule has 1 aliphatic rings. The number of nitrogens with two attached hydrogens (primary N) is 1. The highest BCUT2D eigenvalue weighted by atomic mass is 79.9. The van der Waals surface area contributed by atoms with Crippen molar-refractivity contribution in [3.05, 3.63) is 22.4 Å². The monoisotopic (exact) mass is 228 g/mol. The van der Waals surface area contributed by atoms with Crippen LogP contribution in [0.25, 0.3) is 0 Å². The van der Waals surface area contributed by atoms with Gasteiger partial charge in [0.05, 0.1) is 4.60 Å². The quantitative estimate of drug-likeness (QED) is 0.819. The van der Waals surface area contributed by atoms with Crippen molar-refractivity contribution in [1.29, 1.82) is 0 Å². The highest BCUT2D eigenvalue weighted by Crippen LogP contribution is 2.36. The second kappa shape index (κ2) is 2.89. The van der Waals surface area contributed by atoms with Gasteiger partial charge in [0.15, 0.2) is 0 Å². The van der Waals surface area contributed by atoms with Gasteiger partial charge in [0, 0.05) is 11.7 Å². The molecule has 0 atom stereocenters. The zero-order valence-electron chi connectivity index (χ0n) is 6.94. The molecule has 0 spiro atoms. The van der Waals surface area contributed by atoms with Crippen LogP contribution < -0.4 is 5.73 Å². The first-order valence-electron chi connectivity index (χ1n) is 4.30. The maximum absolute atomic E-state index is 5.98. The average Bonchev–Trinajstić information content (AvgIpc) is 2.60. The summed E-state index contributed by atoms with van der Waals surface area (Å²) >= 11 is 3.38. The van der Waals surface area contributed by atoms with Crippen molar-refractivity contribution in [2.24, 2.45) is 5.73 Å². The van der Waals surface area contributed by atoms with E-state index in [2.05, 4.69) is 27.0 Å². The average molecular weight is 229 g/mol. The van der Waals surface area contributed by atoms with E-state index in [1.165, 1.54) is 18.4 Å². The van der Waals surface area contributed by atoms with Crippen LogP contribution in [0.1, 0.15) is 24.8 Å². The van der Waals surface area contributed by atoms with Crippen molar-refractivity contribution in [2.45, 2.75) is 31.2 Å². The number of halogens is 1. The molecule has 1 heterocycles. The molecular formula is C9H13BrN2. The summed E-state index contributed by atoms with van der Waals surface area (Å²) in [6.07, 6.45) is 6.67. The molecule has 1 aromatic rings. The van der Waals surface area contributed by atoms with Crippen LogP contribution in [0.3, 0.4) is 0 Å². The maximum Gasteiger partial charge on any atom is 0.0822 e. The molecule has 0 radical (unpaired) electrons. The van der Waals surface area contributed by atoms with Crippen LogP contribution in [0.2, 0.25) is 0 Å². The number of aromatic nitrogens is 1. The highest BCUT2D eigenvalue weighted by molar-refractivity contribution is 9.10. The Kier molecular flexibility index (Phi) is 2.00. The van der Waals surface area contributed by atoms with E-state index in [0.29, 0.717) is 0 Å². The molecule has 1 aliphatic carbocycles. The molecule has 0 aliphatic heterocycles. The topological polar surface area (TPSA) is 41.8 Å². The summed E-state index contributed by atoms with van der Waals surface area (Å²) in [5, 5.41) is 0. The minimum absolute atomic E-state index is 0.184. The fraction of sp³-hybridized carbons (Fsp3) is 0.556. The van der Waals surface area contributed by atoms with Crippen LogP contribution in [0.5, 0.6) is 0 Å². The first-order chi connectivity index (χ1) is 5.68. The summed E-state index contributed by atoms with van der Waals surface area (Å²) in [5.41, 5.74) is 7.51. The minimum Gasteiger partial charge on any atom is -0.356 e.